The van der Waals surface area contributed by atoms with Gasteiger partial charge in [0, 0.05) is 11.8 Å². The molecule has 0 atom stereocenters. The van der Waals surface area contributed by atoms with E-state index in [4.69, 9.17) is 4.42 Å². The SMILES string of the molecule is CCC(=O)Nc1cc2ccccc2oc1=O. The fourth-order valence-corrected chi connectivity index (χ4v) is 1.39. The van der Waals surface area contributed by atoms with Gasteiger partial charge in [-0.15, -0.1) is 0 Å². The van der Waals surface area contributed by atoms with Gasteiger partial charge in [-0.05, 0) is 12.1 Å². The van der Waals surface area contributed by atoms with E-state index in [0.29, 0.717) is 12.0 Å². The van der Waals surface area contributed by atoms with Gasteiger partial charge in [-0.2, -0.15) is 0 Å². The summed E-state index contributed by atoms with van der Waals surface area (Å²) in [5, 5.41) is 3.29. The van der Waals surface area contributed by atoms with Gasteiger partial charge in [0.05, 0.1) is 0 Å². The molecule has 1 aromatic carbocycles. The molecule has 0 saturated heterocycles. The average molecular weight is 217 g/mol. The molecule has 0 unspecified atom stereocenters. The summed E-state index contributed by atoms with van der Waals surface area (Å²) < 4.78 is 5.07. The van der Waals surface area contributed by atoms with Gasteiger partial charge >= 0.3 is 5.63 Å². The standard InChI is InChI=1S/C12H11NO3/c1-2-11(14)13-9-7-8-5-3-4-6-10(8)16-12(9)15/h3-7H,2H2,1H3,(H,13,14). The van der Waals surface area contributed by atoms with Crippen molar-refractivity contribution in [2.24, 2.45) is 0 Å². The van der Waals surface area contributed by atoms with Gasteiger partial charge in [0.25, 0.3) is 0 Å². The second-order valence-electron chi connectivity index (χ2n) is 3.39. The Morgan fingerprint density at radius 2 is 2.12 bits per heavy atom. The highest BCUT2D eigenvalue weighted by Gasteiger charge is 2.06. The third-order valence-electron chi connectivity index (χ3n) is 2.24. The van der Waals surface area contributed by atoms with E-state index in [9.17, 15) is 9.59 Å². The van der Waals surface area contributed by atoms with E-state index in [0.717, 1.165) is 5.39 Å². The quantitative estimate of drug-likeness (QED) is 0.784. The molecule has 1 amide bonds. The lowest BCUT2D eigenvalue weighted by Gasteiger charge is -2.02. The smallest absolute Gasteiger partial charge is 0.360 e. The zero-order valence-corrected chi connectivity index (χ0v) is 8.82. The molecule has 0 bridgehead atoms. The van der Waals surface area contributed by atoms with Crippen LogP contribution in [0, 0.1) is 0 Å². The van der Waals surface area contributed by atoms with Crippen molar-refractivity contribution in [3.8, 4) is 0 Å². The van der Waals surface area contributed by atoms with E-state index in [-0.39, 0.29) is 11.6 Å². The number of fused-ring (bicyclic) bond motifs is 1. The number of para-hydroxylation sites is 1. The summed E-state index contributed by atoms with van der Waals surface area (Å²) in [7, 11) is 0. The number of carbonyl (C=O) groups excluding carboxylic acids is 1. The molecule has 0 radical (unpaired) electrons. The van der Waals surface area contributed by atoms with Gasteiger partial charge in [0.2, 0.25) is 5.91 Å². The number of hydrogen-bond acceptors (Lipinski definition) is 3. The van der Waals surface area contributed by atoms with Crippen LogP contribution in [0.4, 0.5) is 5.69 Å². The van der Waals surface area contributed by atoms with Crippen molar-refractivity contribution in [3.05, 3.63) is 40.8 Å². The molecule has 0 spiro atoms. The van der Waals surface area contributed by atoms with Gasteiger partial charge < -0.3 is 9.73 Å². The van der Waals surface area contributed by atoms with Crippen LogP contribution >= 0.6 is 0 Å². The number of carbonyl (C=O) groups is 1. The van der Waals surface area contributed by atoms with E-state index in [1.165, 1.54) is 0 Å². The molecular weight excluding hydrogens is 206 g/mol. The molecule has 16 heavy (non-hydrogen) atoms. The van der Waals surface area contributed by atoms with Crippen LogP contribution in [0.2, 0.25) is 0 Å². The van der Waals surface area contributed by atoms with Crippen LogP contribution in [0.3, 0.4) is 0 Å². The second-order valence-corrected chi connectivity index (χ2v) is 3.39. The molecule has 4 heteroatoms. The Bertz CT molecular complexity index is 586. The summed E-state index contributed by atoms with van der Waals surface area (Å²) in [4.78, 5) is 22.7. The van der Waals surface area contributed by atoms with Crippen LogP contribution in [-0.4, -0.2) is 5.91 Å². The lowest BCUT2D eigenvalue weighted by Crippen LogP contribution is -2.16. The first-order valence-corrected chi connectivity index (χ1v) is 5.03. The minimum absolute atomic E-state index is 0.186. The number of amides is 1. The van der Waals surface area contributed by atoms with Crippen LogP contribution < -0.4 is 10.9 Å². The average Bonchev–Trinajstić information content (AvgIpc) is 2.30. The molecule has 0 aliphatic rings. The topological polar surface area (TPSA) is 59.3 Å². The number of benzene rings is 1. The van der Waals surface area contributed by atoms with Crippen LogP contribution in [0.5, 0.6) is 0 Å². The van der Waals surface area contributed by atoms with Crippen molar-refractivity contribution < 1.29 is 9.21 Å². The summed E-state index contributed by atoms with van der Waals surface area (Å²) >= 11 is 0. The zero-order chi connectivity index (χ0) is 11.5. The van der Waals surface area contributed by atoms with Crippen molar-refractivity contribution in [1.82, 2.24) is 0 Å². The Hall–Kier alpha value is -2.10. The third-order valence-corrected chi connectivity index (χ3v) is 2.24. The van der Waals surface area contributed by atoms with Gasteiger partial charge in [-0.25, -0.2) is 4.79 Å². The van der Waals surface area contributed by atoms with Crippen molar-refractivity contribution in [2.75, 3.05) is 5.32 Å². The Balaban J connectivity index is 2.50. The molecule has 0 aliphatic carbocycles. The Morgan fingerprint density at radius 1 is 1.38 bits per heavy atom. The Labute approximate surface area is 91.9 Å². The maximum Gasteiger partial charge on any atom is 0.360 e. The summed E-state index contributed by atoms with van der Waals surface area (Å²) in [6.45, 7) is 1.72. The first kappa shape index (κ1) is 10.4. The largest absolute Gasteiger partial charge is 0.421 e. The van der Waals surface area contributed by atoms with E-state index < -0.39 is 5.63 Å². The minimum Gasteiger partial charge on any atom is -0.421 e. The fourth-order valence-electron chi connectivity index (χ4n) is 1.39. The second kappa shape index (κ2) is 4.18. The molecule has 2 aromatic rings. The van der Waals surface area contributed by atoms with E-state index >= 15 is 0 Å². The summed E-state index contributed by atoms with van der Waals surface area (Å²) in [6, 6.07) is 8.78. The van der Waals surface area contributed by atoms with Crippen molar-refractivity contribution in [1.29, 1.82) is 0 Å². The highest BCUT2D eigenvalue weighted by atomic mass is 16.4. The molecule has 1 heterocycles. The van der Waals surface area contributed by atoms with Gasteiger partial charge in [0.1, 0.15) is 11.3 Å². The molecule has 2 rings (SSSR count). The number of nitrogens with one attached hydrogen (secondary N) is 1. The highest BCUT2D eigenvalue weighted by Crippen LogP contribution is 2.14. The van der Waals surface area contributed by atoms with E-state index in [1.54, 1.807) is 25.1 Å². The van der Waals surface area contributed by atoms with Crippen LogP contribution in [-0.2, 0) is 4.79 Å². The predicted octanol–water partition coefficient (Wildman–Crippen LogP) is 2.14. The van der Waals surface area contributed by atoms with Crippen molar-refractivity contribution in [3.63, 3.8) is 0 Å². The van der Waals surface area contributed by atoms with E-state index in [1.807, 2.05) is 12.1 Å². The molecule has 0 aliphatic heterocycles. The zero-order valence-electron chi connectivity index (χ0n) is 8.82. The Kier molecular flexibility index (Phi) is 2.72. The number of rotatable bonds is 2. The maximum atomic E-state index is 11.5. The highest BCUT2D eigenvalue weighted by molar-refractivity contribution is 5.92. The molecule has 4 nitrogen and oxygen atoms in total. The minimum atomic E-state index is -0.527. The summed E-state index contributed by atoms with van der Waals surface area (Å²) in [5.41, 5.74) is 0.174. The van der Waals surface area contributed by atoms with Crippen molar-refractivity contribution >= 4 is 22.6 Å². The lowest BCUT2D eigenvalue weighted by atomic mass is 10.2. The normalized spacial score (nSPS) is 10.3. The van der Waals surface area contributed by atoms with E-state index in [2.05, 4.69) is 5.32 Å². The molecule has 0 fully saturated rings. The van der Waals surface area contributed by atoms with Gasteiger partial charge in [-0.3, -0.25) is 4.79 Å². The van der Waals surface area contributed by atoms with Crippen LogP contribution in [0.15, 0.2) is 39.5 Å². The molecule has 82 valence electrons. The third kappa shape index (κ3) is 1.95. The number of anilines is 1. The number of hydrogen-bond donors (Lipinski definition) is 1. The molecular formula is C12H11NO3. The van der Waals surface area contributed by atoms with Gasteiger partial charge in [0.15, 0.2) is 0 Å². The predicted molar refractivity (Wildman–Crippen MR) is 61.4 cm³/mol. The first-order chi connectivity index (χ1) is 7.70. The Morgan fingerprint density at radius 3 is 2.88 bits per heavy atom. The van der Waals surface area contributed by atoms with Crippen LogP contribution in [0.1, 0.15) is 13.3 Å². The lowest BCUT2D eigenvalue weighted by molar-refractivity contribution is -0.115. The molecule has 1 aromatic heterocycles. The summed E-state index contributed by atoms with van der Waals surface area (Å²) in [5.74, 6) is -0.206. The first-order valence-electron chi connectivity index (χ1n) is 5.03. The molecule has 1 N–H and O–H groups in total. The molecule has 0 saturated carbocycles. The summed E-state index contributed by atoms with van der Waals surface area (Å²) in [6.07, 6.45) is 0.326. The van der Waals surface area contributed by atoms with Crippen LogP contribution in [0.25, 0.3) is 11.0 Å². The monoisotopic (exact) mass is 217 g/mol. The fraction of sp³-hybridized carbons (Fsp3) is 0.167. The maximum absolute atomic E-state index is 11.5. The van der Waals surface area contributed by atoms with Crippen molar-refractivity contribution in [2.45, 2.75) is 13.3 Å². The van der Waals surface area contributed by atoms with Gasteiger partial charge in [-0.1, -0.05) is 25.1 Å².